The number of rotatable bonds is 0. The molecule has 2 rings (SSSR count). The molecule has 3 nitrogen and oxygen atoms in total. The highest BCUT2D eigenvalue weighted by Gasteiger charge is 1.89. The van der Waals surface area contributed by atoms with Crippen molar-refractivity contribution in [2.24, 2.45) is 0 Å². The molecule has 0 fully saturated rings. The average Bonchev–Trinajstić information content (AvgIpc) is 2.05. The smallest absolute Gasteiger partial charge is 0.198 e. The molecule has 0 aliphatic heterocycles. The van der Waals surface area contributed by atoms with Gasteiger partial charge in [-0.1, -0.05) is 0 Å². The first-order valence-electron chi connectivity index (χ1n) is 2.82. The Morgan fingerprint density at radius 1 is 1.20 bits per heavy atom. The van der Waals surface area contributed by atoms with E-state index in [1.165, 1.54) is 0 Å². The third-order valence-electron chi connectivity index (χ3n) is 1.21. The van der Waals surface area contributed by atoms with Crippen LogP contribution in [-0.2, 0) is 0 Å². The Bertz CT molecular complexity index is 280. The highest BCUT2D eigenvalue weighted by Crippen LogP contribution is 2.03. The Morgan fingerprint density at radius 2 is 2.20 bits per heavy atom. The molecule has 0 atom stereocenters. The normalized spacial score (nSPS) is 10.0. The van der Waals surface area contributed by atoms with Crippen molar-refractivity contribution in [1.82, 2.24) is 15.0 Å². The quantitative estimate of drug-likeness (QED) is 0.523. The van der Waals surface area contributed by atoms with E-state index in [2.05, 4.69) is 27.5 Å². The van der Waals surface area contributed by atoms with Crippen LogP contribution in [0.5, 0.6) is 0 Å². The SMILES string of the molecule is [c]1cc2cn[c]nc2cn1. The van der Waals surface area contributed by atoms with Crippen LogP contribution in [0.2, 0.25) is 0 Å². The zero-order valence-electron chi connectivity index (χ0n) is 5.07. The van der Waals surface area contributed by atoms with Crippen molar-refractivity contribution >= 4 is 10.9 Å². The van der Waals surface area contributed by atoms with Crippen LogP contribution in [0.1, 0.15) is 0 Å². The van der Waals surface area contributed by atoms with E-state index in [0.29, 0.717) is 0 Å². The summed E-state index contributed by atoms with van der Waals surface area (Å²) in [6.45, 7) is 0. The van der Waals surface area contributed by atoms with Crippen LogP contribution in [0.15, 0.2) is 18.5 Å². The molecule has 0 amide bonds. The van der Waals surface area contributed by atoms with Crippen LogP contribution in [0.4, 0.5) is 0 Å². The maximum absolute atomic E-state index is 3.86. The Labute approximate surface area is 57.8 Å². The minimum Gasteiger partial charge on any atom is -0.252 e. The van der Waals surface area contributed by atoms with Gasteiger partial charge in [-0.05, 0) is 6.07 Å². The molecule has 0 saturated carbocycles. The zero-order valence-corrected chi connectivity index (χ0v) is 5.07. The summed E-state index contributed by atoms with van der Waals surface area (Å²) in [6.07, 6.45) is 8.49. The van der Waals surface area contributed by atoms with E-state index in [1.54, 1.807) is 18.5 Å². The number of nitrogens with zero attached hydrogens (tertiary/aromatic N) is 3. The molecule has 2 aromatic rings. The third-order valence-corrected chi connectivity index (χ3v) is 1.21. The van der Waals surface area contributed by atoms with E-state index in [-0.39, 0.29) is 0 Å². The summed E-state index contributed by atoms with van der Waals surface area (Å²) < 4.78 is 0. The number of hydrogen-bond donors (Lipinski definition) is 0. The Kier molecular flexibility index (Phi) is 1.07. The molecule has 46 valence electrons. The van der Waals surface area contributed by atoms with Gasteiger partial charge in [-0.3, -0.25) is 4.98 Å². The fourth-order valence-corrected chi connectivity index (χ4v) is 0.732. The predicted octanol–water partition coefficient (Wildman–Crippen LogP) is 0.625. The molecule has 3 heteroatoms. The second-order valence-corrected chi connectivity index (χ2v) is 1.84. The third kappa shape index (κ3) is 0.719. The van der Waals surface area contributed by atoms with Crippen LogP contribution >= 0.6 is 0 Å². The summed E-state index contributed by atoms with van der Waals surface area (Å²) in [5.41, 5.74) is 0.800. The van der Waals surface area contributed by atoms with Crippen LogP contribution in [0, 0.1) is 12.5 Å². The van der Waals surface area contributed by atoms with Crippen molar-refractivity contribution < 1.29 is 0 Å². The molecular weight excluding hydrogens is 126 g/mol. The topological polar surface area (TPSA) is 38.7 Å². The van der Waals surface area contributed by atoms with Crippen molar-refractivity contribution in [3.8, 4) is 0 Å². The van der Waals surface area contributed by atoms with Gasteiger partial charge in [-0.25, -0.2) is 9.97 Å². The molecule has 0 saturated heterocycles. The van der Waals surface area contributed by atoms with Gasteiger partial charge in [0.15, 0.2) is 6.33 Å². The summed E-state index contributed by atoms with van der Waals surface area (Å²) in [4.78, 5) is 11.4. The lowest BCUT2D eigenvalue weighted by Crippen LogP contribution is -1.81. The highest BCUT2D eigenvalue weighted by molar-refractivity contribution is 5.75. The fourth-order valence-electron chi connectivity index (χ4n) is 0.732. The van der Waals surface area contributed by atoms with Crippen LogP contribution in [-0.4, -0.2) is 15.0 Å². The molecule has 10 heavy (non-hydrogen) atoms. The van der Waals surface area contributed by atoms with Gasteiger partial charge < -0.3 is 0 Å². The lowest BCUT2D eigenvalue weighted by Gasteiger charge is -1.89. The first kappa shape index (κ1) is 5.29. The average molecular weight is 129 g/mol. The van der Waals surface area contributed by atoms with E-state index in [9.17, 15) is 0 Å². The number of pyridine rings is 1. The number of aromatic nitrogens is 3. The van der Waals surface area contributed by atoms with Crippen molar-refractivity contribution in [1.29, 1.82) is 0 Å². The van der Waals surface area contributed by atoms with Crippen LogP contribution in [0.3, 0.4) is 0 Å². The number of fused-ring (bicyclic) bond motifs is 1. The van der Waals surface area contributed by atoms with E-state index in [4.69, 9.17) is 0 Å². The fraction of sp³-hybridized carbons (Fsp3) is 0. The largest absolute Gasteiger partial charge is 0.252 e. The molecule has 2 radical (unpaired) electrons. The monoisotopic (exact) mass is 129 g/mol. The minimum absolute atomic E-state index is 0.800. The van der Waals surface area contributed by atoms with Crippen LogP contribution < -0.4 is 0 Å². The summed E-state index contributed by atoms with van der Waals surface area (Å²) >= 11 is 0. The van der Waals surface area contributed by atoms with E-state index in [0.717, 1.165) is 10.9 Å². The summed E-state index contributed by atoms with van der Waals surface area (Å²) in [7, 11) is 0. The van der Waals surface area contributed by atoms with Crippen molar-refractivity contribution in [3.05, 3.63) is 31.0 Å². The Balaban J connectivity index is 2.89. The molecule has 0 spiro atoms. The first-order valence-corrected chi connectivity index (χ1v) is 2.82. The lowest BCUT2D eigenvalue weighted by molar-refractivity contribution is 1.18. The predicted molar refractivity (Wildman–Crippen MR) is 35.0 cm³/mol. The molecule has 0 aliphatic carbocycles. The van der Waals surface area contributed by atoms with Gasteiger partial charge in [-0.2, -0.15) is 0 Å². The highest BCUT2D eigenvalue weighted by atomic mass is 14.8. The molecule has 0 N–H and O–H groups in total. The Hall–Kier alpha value is -1.51. The molecule has 0 aliphatic rings. The van der Waals surface area contributed by atoms with E-state index < -0.39 is 0 Å². The lowest BCUT2D eigenvalue weighted by atomic mass is 10.3. The van der Waals surface area contributed by atoms with Crippen molar-refractivity contribution in [2.75, 3.05) is 0 Å². The van der Waals surface area contributed by atoms with Crippen LogP contribution in [0.25, 0.3) is 10.9 Å². The van der Waals surface area contributed by atoms with Crippen molar-refractivity contribution in [3.63, 3.8) is 0 Å². The van der Waals surface area contributed by atoms with Crippen molar-refractivity contribution in [2.45, 2.75) is 0 Å². The molecule has 2 aromatic heterocycles. The Morgan fingerprint density at radius 3 is 3.10 bits per heavy atom. The standard InChI is InChI=1S/C7H3N3/c1-2-8-4-7-6(1)3-9-5-10-7/h1,3-4H. The molecule has 0 unspecified atom stereocenters. The zero-order chi connectivity index (χ0) is 6.81. The molecule has 0 aromatic carbocycles. The minimum atomic E-state index is 0.800. The van der Waals surface area contributed by atoms with Gasteiger partial charge in [0.1, 0.15) is 0 Å². The van der Waals surface area contributed by atoms with E-state index >= 15 is 0 Å². The second-order valence-electron chi connectivity index (χ2n) is 1.84. The maximum Gasteiger partial charge on any atom is 0.198 e. The van der Waals surface area contributed by atoms with Gasteiger partial charge in [0.2, 0.25) is 0 Å². The summed E-state index contributed by atoms with van der Waals surface area (Å²) in [6, 6.07) is 1.74. The maximum atomic E-state index is 3.86. The first-order chi connectivity index (χ1) is 4.97. The van der Waals surface area contributed by atoms with Gasteiger partial charge >= 0.3 is 0 Å². The van der Waals surface area contributed by atoms with Gasteiger partial charge in [0, 0.05) is 11.6 Å². The summed E-state index contributed by atoms with van der Waals surface area (Å²) in [5.74, 6) is 0. The summed E-state index contributed by atoms with van der Waals surface area (Å²) in [5, 5.41) is 0.939. The van der Waals surface area contributed by atoms with E-state index in [1.807, 2.05) is 0 Å². The second kappa shape index (κ2) is 2.02. The van der Waals surface area contributed by atoms with Gasteiger partial charge in [0.25, 0.3) is 0 Å². The molecule has 0 bridgehead atoms. The molecule has 2 heterocycles. The van der Waals surface area contributed by atoms with Gasteiger partial charge in [-0.15, -0.1) is 0 Å². The number of hydrogen-bond acceptors (Lipinski definition) is 3. The van der Waals surface area contributed by atoms with Gasteiger partial charge in [0.05, 0.1) is 17.9 Å². The molecular formula is C7H3N3.